The van der Waals surface area contributed by atoms with Crippen molar-refractivity contribution < 1.29 is 4.57 Å². The van der Waals surface area contributed by atoms with Gasteiger partial charge in [-0.1, -0.05) is 23.5 Å². The predicted octanol–water partition coefficient (Wildman–Crippen LogP) is 1.20. The Morgan fingerprint density at radius 1 is 1.33 bits per heavy atom. The minimum absolute atomic E-state index is 0.120. The van der Waals surface area contributed by atoms with Crippen LogP contribution >= 0.6 is 34.4 Å². The molecule has 0 saturated carbocycles. The predicted molar refractivity (Wildman–Crippen MR) is 104 cm³/mol. The molecular formula is C17H18N3OS3+. The zero-order valence-electron chi connectivity index (χ0n) is 13.5. The average Bonchev–Trinajstić information content (AvgIpc) is 3.28. The first-order valence-corrected chi connectivity index (χ1v) is 10.5. The first-order chi connectivity index (χ1) is 11.7. The van der Waals surface area contributed by atoms with Crippen LogP contribution in [0, 0.1) is 0 Å². The number of hydrogen-bond donors (Lipinski definition) is 1. The summed E-state index contributed by atoms with van der Waals surface area (Å²) < 4.78 is 7.18. The quantitative estimate of drug-likeness (QED) is 0.683. The van der Waals surface area contributed by atoms with Gasteiger partial charge < -0.3 is 5.32 Å². The van der Waals surface area contributed by atoms with Crippen molar-refractivity contribution in [2.45, 2.75) is 13.5 Å². The highest BCUT2D eigenvalue weighted by Gasteiger charge is 2.16. The Bertz CT molecular complexity index is 1080. The Balaban J connectivity index is 1.97. The van der Waals surface area contributed by atoms with Crippen molar-refractivity contribution in [3.05, 3.63) is 48.8 Å². The Morgan fingerprint density at radius 2 is 2.17 bits per heavy atom. The van der Waals surface area contributed by atoms with E-state index in [4.69, 9.17) is 0 Å². The number of nitrogens with one attached hydrogen (secondary N) is 1. The summed E-state index contributed by atoms with van der Waals surface area (Å²) >= 11 is 5.09. The highest BCUT2D eigenvalue weighted by Crippen LogP contribution is 2.20. The van der Waals surface area contributed by atoms with Gasteiger partial charge in [-0.05, 0) is 13.0 Å². The van der Waals surface area contributed by atoms with Crippen molar-refractivity contribution in [1.82, 2.24) is 9.88 Å². The molecule has 0 bridgehead atoms. The molecule has 1 saturated heterocycles. The van der Waals surface area contributed by atoms with Gasteiger partial charge in [0.1, 0.15) is 20.9 Å². The van der Waals surface area contributed by atoms with Gasteiger partial charge in [-0.3, -0.25) is 9.36 Å². The third-order valence-corrected chi connectivity index (χ3v) is 7.56. The van der Waals surface area contributed by atoms with Gasteiger partial charge in [0.15, 0.2) is 0 Å². The van der Waals surface area contributed by atoms with Crippen LogP contribution in [0.1, 0.15) is 11.9 Å². The molecule has 0 spiro atoms. The second kappa shape index (κ2) is 6.38. The maximum absolute atomic E-state index is 12.7. The molecule has 3 heterocycles. The van der Waals surface area contributed by atoms with Gasteiger partial charge in [-0.25, -0.2) is 0 Å². The summed E-state index contributed by atoms with van der Waals surface area (Å²) in [5.74, 6) is 1.03. The van der Waals surface area contributed by atoms with E-state index in [2.05, 4.69) is 47.3 Å². The van der Waals surface area contributed by atoms with Gasteiger partial charge >= 0.3 is 0 Å². The lowest BCUT2D eigenvalue weighted by molar-refractivity contribution is -0.642. The second-order valence-corrected chi connectivity index (χ2v) is 8.73. The van der Waals surface area contributed by atoms with E-state index in [0.29, 0.717) is 6.54 Å². The fraction of sp³-hybridized carbons (Fsp3) is 0.294. The number of nitrogens with zero attached hydrogens (tertiary/aromatic N) is 2. The molecule has 3 aromatic rings. The molecule has 7 heteroatoms. The van der Waals surface area contributed by atoms with Crippen LogP contribution in [0.25, 0.3) is 21.3 Å². The Kier molecular flexibility index (Phi) is 4.24. The third kappa shape index (κ3) is 2.60. The summed E-state index contributed by atoms with van der Waals surface area (Å²) in [7, 11) is 2.08. The molecule has 0 unspecified atom stereocenters. The van der Waals surface area contributed by atoms with Crippen LogP contribution in [0.2, 0.25) is 0 Å². The molecule has 1 N–H and O–H groups in total. The van der Waals surface area contributed by atoms with Crippen LogP contribution in [0.5, 0.6) is 0 Å². The summed E-state index contributed by atoms with van der Waals surface area (Å²) in [6, 6.07) is 8.39. The average molecular weight is 377 g/mol. The van der Waals surface area contributed by atoms with Crippen molar-refractivity contribution >= 4 is 55.8 Å². The fourth-order valence-electron chi connectivity index (χ4n) is 2.84. The molecule has 24 heavy (non-hydrogen) atoms. The molecule has 4 rings (SSSR count). The van der Waals surface area contributed by atoms with Crippen molar-refractivity contribution in [2.75, 3.05) is 12.3 Å². The number of aromatic nitrogens is 2. The van der Waals surface area contributed by atoms with E-state index in [1.54, 1.807) is 34.4 Å². The number of hydrogen-bond acceptors (Lipinski definition) is 5. The van der Waals surface area contributed by atoms with Crippen molar-refractivity contribution in [2.24, 2.45) is 7.05 Å². The fourth-order valence-corrected chi connectivity index (χ4v) is 6.20. The number of thioether (sulfide) groups is 1. The molecule has 124 valence electrons. The number of benzene rings is 1. The van der Waals surface area contributed by atoms with Gasteiger partial charge in [0.2, 0.25) is 5.52 Å². The number of thiazole rings is 2. The SMILES string of the molecule is CCn1c(=O)/c(=C2\NCCS2)s/c1=C/c1sc2ccccc2[n+]1C. The topological polar surface area (TPSA) is 37.9 Å². The molecule has 1 fully saturated rings. The van der Waals surface area contributed by atoms with E-state index in [9.17, 15) is 4.79 Å². The molecule has 0 aliphatic carbocycles. The molecule has 1 aromatic carbocycles. The molecular weight excluding hydrogens is 358 g/mol. The first-order valence-electron chi connectivity index (χ1n) is 7.89. The maximum Gasteiger partial charge on any atom is 0.271 e. The molecule has 1 aliphatic rings. The van der Waals surface area contributed by atoms with Crippen molar-refractivity contribution in [3.63, 3.8) is 0 Å². The standard InChI is InChI=1S/C17H17N3OS3/c1-3-20-14(24-15(17(20)21)16-18-8-9-22-16)10-13-19(2)11-6-4-5-7-12(11)23-13/h4-7,10H,3,8-9H2,1-2H3/p+1. The van der Waals surface area contributed by atoms with E-state index >= 15 is 0 Å². The second-order valence-electron chi connectivity index (χ2n) is 5.53. The van der Waals surface area contributed by atoms with E-state index in [1.165, 1.54) is 10.2 Å². The lowest BCUT2D eigenvalue weighted by Crippen LogP contribution is -2.33. The van der Waals surface area contributed by atoms with Gasteiger partial charge in [0, 0.05) is 24.9 Å². The highest BCUT2D eigenvalue weighted by molar-refractivity contribution is 8.08. The molecule has 0 amide bonds. The minimum atomic E-state index is 0.120. The Labute approximate surface area is 151 Å². The number of aryl methyl sites for hydroxylation is 1. The summed E-state index contributed by atoms with van der Waals surface area (Å²) in [5, 5.41) is 5.53. The van der Waals surface area contributed by atoms with Gasteiger partial charge in [0.25, 0.3) is 10.6 Å². The number of rotatable bonds is 2. The van der Waals surface area contributed by atoms with Crippen LogP contribution in [-0.2, 0) is 13.6 Å². The highest BCUT2D eigenvalue weighted by atomic mass is 32.2. The summed E-state index contributed by atoms with van der Waals surface area (Å²) in [4.78, 5) is 12.7. The zero-order chi connectivity index (χ0) is 16.7. The van der Waals surface area contributed by atoms with Crippen LogP contribution in [0.15, 0.2) is 29.1 Å². The third-order valence-electron chi connectivity index (χ3n) is 4.09. The van der Waals surface area contributed by atoms with E-state index < -0.39 is 0 Å². The van der Waals surface area contributed by atoms with Crippen molar-refractivity contribution in [3.8, 4) is 0 Å². The molecule has 0 radical (unpaired) electrons. The Hall–Kier alpha value is -1.57. The summed E-state index contributed by atoms with van der Waals surface area (Å²) in [5.41, 5.74) is 1.34. The summed E-state index contributed by atoms with van der Waals surface area (Å²) in [6.45, 7) is 3.65. The van der Waals surface area contributed by atoms with Crippen LogP contribution in [0.3, 0.4) is 0 Å². The lowest BCUT2D eigenvalue weighted by atomic mass is 10.3. The van der Waals surface area contributed by atoms with E-state index in [-0.39, 0.29) is 5.56 Å². The monoisotopic (exact) mass is 376 g/mol. The largest absolute Gasteiger partial charge is 0.378 e. The molecule has 4 nitrogen and oxygen atoms in total. The van der Waals surface area contributed by atoms with E-state index in [0.717, 1.165) is 31.5 Å². The molecule has 0 atom stereocenters. The molecule has 2 aromatic heterocycles. The van der Waals surface area contributed by atoms with Crippen LogP contribution in [0.4, 0.5) is 0 Å². The van der Waals surface area contributed by atoms with Crippen molar-refractivity contribution in [1.29, 1.82) is 0 Å². The normalized spacial score (nSPS) is 17.7. The van der Waals surface area contributed by atoms with Crippen LogP contribution < -0.4 is 24.6 Å². The smallest absolute Gasteiger partial charge is 0.271 e. The minimum Gasteiger partial charge on any atom is -0.378 e. The summed E-state index contributed by atoms with van der Waals surface area (Å²) in [6.07, 6.45) is 2.14. The Morgan fingerprint density at radius 3 is 2.88 bits per heavy atom. The van der Waals surface area contributed by atoms with E-state index in [1.807, 2.05) is 11.5 Å². The first kappa shape index (κ1) is 15.9. The van der Waals surface area contributed by atoms with Gasteiger partial charge in [-0.2, -0.15) is 4.57 Å². The maximum atomic E-state index is 12.7. The zero-order valence-corrected chi connectivity index (χ0v) is 16.0. The van der Waals surface area contributed by atoms with Gasteiger partial charge in [-0.15, -0.1) is 23.1 Å². The van der Waals surface area contributed by atoms with Gasteiger partial charge in [0.05, 0.1) is 11.1 Å². The van der Waals surface area contributed by atoms with Crippen LogP contribution in [-0.4, -0.2) is 16.9 Å². The molecule has 1 aliphatic heterocycles. The number of para-hydroxylation sites is 1. The number of fused-ring (bicyclic) bond motifs is 1. The lowest BCUT2D eigenvalue weighted by Gasteiger charge is -1.93.